The van der Waals surface area contributed by atoms with Crippen molar-refractivity contribution in [1.82, 2.24) is 9.88 Å². The molecular formula is C28H28N2O4. The summed E-state index contributed by atoms with van der Waals surface area (Å²) in [5, 5.41) is 1.21. The number of aromatic amines is 1. The van der Waals surface area contributed by atoms with Gasteiger partial charge in [-0.05, 0) is 60.9 Å². The molecular weight excluding hydrogens is 428 g/mol. The summed E-state index contributed by atoms with van der Waals surface area (Å²) in [6, 6.07) is 21.4. The summed E-state index contributed by atoms with van der Waals surface area (Å²) in [4.78, 5) is 19.4. The molecule has 6 nitrogen and oxygen atoms in total. The molecule has 3 aromatic carbocycles. The number of ether oxygens (including phenoxy) is 3. The van der Waals surface area contributed by atoms with Crippen molar-refractivity contribution in [3.8, 4) is 17.2 Å². The first kappa shape index (κ1) is 21.9. The normalized spacial score (nSPS) is 15.1. The largest absolute Gasteiger partial charge is 0.494 e. The van der Waals surface area contributed by atoms with Gasteiger partial charge < -0.3 is 24.1 Å². The van der Waals surface area contributed by atoms with Gasteiger partial charge in [0.1, 0.15) is 5.75 Å². The van der Waals surface area contributed by atoms with E-state index in [0.29, 0.717) is 30.2 Å². The van der Waals surface area contributed by atoms with Crippen molar-refractivity contribution in [3.05, 3.63) is 89.1 Å². The van der Waals surface area contributed by atoms with Crippen LogP contribution >= 0.6 is 0 Å². The second-order valence-corrected chi connectivity index (χ2v) is 8.29. The summed E-state index contributed by atoms with van der Waals surface area (Å²) in [5.74, 6) is 1.90. The van der Waals surface area contributed by atoms with Crippen molar-refractivity contribution in [2.24, 2.45) is 0 Å². The van der Waals surface area contributed by atoms with Gasteiger partial charge in [-0.1, -0.05) is 30.3 Å². The highest BCUT2D eigenvalue weighted by Gasteiger charge is 2.35. The van der Waals surface area contributed by atoms with Crippen molar-refractivity contribution < 1.29 is 19.0 Å². The Kier molecular flexibility index (Phi) is 5.88. The smallest absolute Gasteiger partial charge is 0.254 e. The van der Waals surface area contributed by atoms with Gasteiger partial charge in [0.25, 0.3) is 5.91 Å². The van der Waals surface area contributed by atoms with E-state index in [1.54, 1.807) is 32.4 Å². The lowest BCUT2D eigenvalue weighted by atomic mass is 9.91. The van der Waals surface area contributed by atoms with Gasteiger partial charge in [0.2, 0.25) is 0 Å². The van der Waals surface area contributed by atoms with Gasteiger partial charge in [-0.25, -0.2) is 0 Å². The van der Waals surface area contributed by atoms with Crippen LogP contribution in [0.2, 0.25) is 0 Å². The van der Waals surface area contributed by atoms with E-state index in [-0.39, 0.29) is 11.9 Å². The van der Waals surface area contributed by atoms with E-state index in [4.69, 9.17) is 14.2 Å². The van der Waals surface area contributed by atoms with Gasteiger partial charge in [0.15, 0.2) is 11.5 Å². The fourth-order valence-corrected chi connectivity index (χ4v) is 4.85. The number of nitrogens with one attached hydrogen (secondary N) is 1. The molecule has 0 fully saturated rings. The van der Waals surface area contributed by atoms with Crippen molar-refractivity contribution in [2.45, 2.75) is 19.4 Å². The molecule has 6 heteroatoms. The van der Waals surface area contributed by atoms with Crippen LogP contribution in [-0.2, 0) is 6.42 Å². The van der Waals surface area contributed by atoms with Gasteiger partial charge in [-0.2, -0.15) is 0 Å². The SMILES string of the molecule is CCOc1ccc(C2c3[nH]c4ccccc4c3CCN2C(=O)c2ccc(OC)c(OC)c2)cc1. The van der Waals surface area contributed by atoms with Crippen LogP contribution in [0.25, 0.3) is 10.9 Å². The fraction of sp³-hybridized carbons (Fsp3) is 0.250. The molecule has 1 aliphatic rings. The lowest BCUT2D eigenvalue weighted by molar-refractivity contribution is 0.0691. The van der Waals surface area contributed by atoms with Crippen molar-refractivity contribution in [1.29, 1.82) is 0 Å². The molecule has 4 aromatic rings. The molecule has 0 radical (unpaired) electrons. The minimum Gasteiger partial charge on any atom is -0.494 e. The van der Waals surface area contributed by atoms with E-state index in [1.165, 1.54) is 10.9 Å². The van der Waals surface area contributed by atoms with Crippen molar-refractivity contribution >= 4 is 16.8 Å². The molecule has 1 aromatic heterocycles. The van der Waals surface area contributed by atoms with Gasteiger partial charge in [0, 0.05) is 28.7 Å². The summed E-state index contributed by atoms with van der Waals surface area (Å²) in [6.07, 6.45) is 0.784. The molecule has 2 heterocycles. The van der Waals surface area contributed by atoms with E-state index < -0.39 is 0 Å². The lowest BCUT2D eigenvalue weighted by Gasteiger charge is -2.36. The number of fused-ring (bicyclic) bond motifs is 3. The van der Waals surface area contributed by atoms with Crippen LogP contribution in [0.3, 0.4) is 0 Å². The Labute approximate surface area is 199 Å². The Bertz CT molecular complexity index is 1330. The van der Waals surface area contributed by atoms with E-state index in [0.717, 1.165) is 28.9 Å². The summed E-state index contributed by atoms with van der Waals surface area (Å²) in [7, 11) is 3.16. The monoisotopic (exact) mass is 456 g/mol. The molecule has 5 rings (SSSR count). The van der Waals surface area contributed by atoms with Crippen LogP contribution in [0.5, 0.6) is 17.2 Å². The van der Waals surface area contributed by atoms with Crippen LogP contribution in [0.15, 0.2) is 66.7 Å². The summed E-state index contributed by atoms with van der Waals surface area (Å²) < 4.78 is 16.4. The molecule has 1 atom stereocenters. The first-order valence-electron chi connectivity index (χ1n) is 11.5. The third-order valence-electron chi connectivity index (χ3n) is 6.43. The van der Waals surface area contributed by atoms with E-state index in [2.05, 4.69) is 23.2 Å². The molecule has 174 valence electrons. The molecule has 1 amide bonds. The molecule has 34 heavy (non-hydrogen) atoms. The maximum atomic E-state index is 13.8. The summed E-state index contributed by atoms with van der Waals surface area (Å²) in [5.41, 5.74) is 5.01. The van der Waals surface area contributed by atoms with Crippen LogP contribution in [0.4, 0.5) is 0 Å². The minimum absolute atomic E-state index is 0.0517. The average Bonchev–Trinajstić information content (AvgIpc) is 3.27. The predicted molar refractivity (Wildman–Crippen MR) is 132 cm³/mol. The zero-order valence-electron chi connectivity index (χ0n) is 19.6. The Morgan fingerprint density at radius 3 is 2.50 bits per heavy atom. The number of nitrogens with zero attached hydrogens (tertiary/aromatic N) is 1. The van der Waals surface area contributed by atoms with Crippen LogP contribution in [0.1, 0.15) is 40.1 Å². The molecule has 0 spiro atoms. The quantitative estimate of drug-likeness (QED) is 0.424. The number of rotatable bonds is 6. The molecule has 1 N–H and O–H groups in total. The Hall–Kier alpha value is -3.93. The van der Waals surface area contributed by atoms with Crippen molar-refractivity contribution in [3.63, 3.8) is 0 Å². The topological polar surface area (TPSA) is 63.8 Å². The highest BCUT2D eigenvalue weighted by Crippen LogP contribution is 2.40. The number of hydrogen-bond acceptors (Lipinski definition) is 4. The van der Waals surface area contributed by atoms with Gasteiger partial charge in [-0.15, -0.1) is 0 Å². The average molecular weight is 457 g/mol. The van der Waals surface area contributed by atoms with E-state index >= 15 is 0 Å². The van der Waals surface area contributed by atoms with Gasteiger partial charge in [-0.3, -0.25) is 4.79 Å². The number of methoxy groups -OCH3 is 2. The van der Waals surface area contributed by atoms with Gasteiger partial charge >= 0.3 is 0 Å². The lowest BCUT2D eigenvalue weighted by Crippen LogP contribution is -2.40. The molecule has 1 aliphatic heterocycles. The second kappa shape index (κ2) is 9.14. The fourth-order valence-electron chi connectivity index (χ4n) is 4.85. The summed E-state index contributed by atoms with van der Waals surface area (Å²) in [6.45, 7) is 3.19. The standard InChI is InChI=1S/C28H28N2O4/c1-4-34-20-12-9-18(10-13-20)27-26-22(21-7-5-6-8-23(21)29-26)15-16-30(27)28(31)19-11-14-24(32-2)25(17-19)33-3/h5-14,17,27,29H,4,15-16H2,1-3H3. The first-order valence-corrected chi connectivity index (χ1v) is 11.5. The highest BCUT2D eigenvalue weighted by molar-refractivity contribution is 5.96. The molecule has 0 aliphatic carbocycles. The van der Waals surface area contributed by atoms with E-state index in [1.807, 2.05) is 42.2 Å². The number of carbonyl (C=O) groups excluding carboxylic acids is 1. The zero-order chi connectivity index (χ0) is 23.7. The van der Waals surface area contributed by atoms with E-state index in [9.17, 15) is 4.79 Å². The number of carbonyl (C=O) groups is 1. The minimum atomic E-state index is -0.243. The third kappa shape index (κ3) is 3.75. The number of amides is 1. The number of hydrogen-bond donors (Lipinski definition) is 1. The van der Waals surface area contributed by atoms with Crippen LogP contribution in [-0.4, -0.2) is 43.2 Å². The Morgan fingerprint density at radius 1 is 1.00 bits per heavy atom. The maximum Gasteiger partial charge on any atom is 0.254 e. The number of benzene rings is 3. The molecule has 0 saturated carbocycles. The Balaban J connectivity index is 1.60. The summed E-state index contributed by atoms with van der Waals surface area (Å²) >= 11 is 0. The molecule has 0 bridgehead atoms. The number of aromatic nitrogens is 1. The number of para-hydroxylation sites is 1. The first-order chi connectivity index (χ1) is 16.6. The maximum absolute atomic E-state index is 13.8. The zero-order valence-corrected chi connectivity index (χ0v) is 19.6. The molecule has 1 unspecified atom stereocenters. The third-order valence-corrected chi connectivity index (χ3v) is 6.43. The second-order valence-electron chi connectivity index (χ2n) is 8.29. The van der Waals surface area contributed by atoms with Crippen LogP contribution in [0, 0.1) is 0 Å². The number of H-pyrrole nitrogens is 1. The van der Waals surface area contributed by atoms with Crippen LogP contribution < -0.4 is 14.2 Å². The Morgan fingerprint density at radius 2 is 1.76 bits per heavy atom. The van der Waals surface area contributed by atoms with Gasteiger partial charge in [0.05, 0.1) is 26.9 Å². The highest BCUT2D eigenvalue weighted by atomic mass is 16.5. The van der Waals surface area contributed by atoms with Crippen molar-refractivity contribution in [2.75, 3.05) is 27.4 Å². The molecule has 0 saturated heterocycles. The predicted octanol–water partition coefficient (Wildman–Crippen LogP) is 5.37.